The Bertz CT molecular complexity index is 280. The van der Waals surface area contributed by atoms with E-state index < -0.39 is 5.82 Å². The number of benzene rings is 1. The first-order valence-corrected chi connectivity index (χ1v) is 3.44. The van der Waals surface area contributed by atoms with Gasteiger partial charge in [-0.3, -0.25) is 0 Å². The molecule has 0 bridgehead atoms. The lowest BCUT2D eigenvalue weighted by molar-refractivity contribution is 0.410. The molecule has 0 heterocycles. The summed E-state index contributed by atoms with van der Waals surface area (Å²) in [7, 11) is 1.39. The Kier molecular flexibility index (Phi) is 2.70. The van der Waals surface area contributed by atoms with Gasteiger partial charge in [-0.15, -0.1) is 4.64 Å². The van der Waals surface area contributed by atoms with Gasteiger partial charge in [0, 0.05) is 17.8 Å². The van der Waals surface area contributed by atoms with E-state index in [1.807, 2.05) is 0 Å². The van der Waals surface area contributed by atoms with Gasteiger partial charge in [-0.1, -0.05) is 4.48 Å². The van der Waals surface area contributed by atoms with Crippen LogP contribution in [0.1, 0.15) is 0 Å². The SMILES string of the molecule is COc1ccc(N(F)Cl)c(F)c1. The molecule has 0 aliphatic rings. The number of halogens is 3. The maximum atomic E-state index is 12.8. The third-order valence-corrected chi connectivity index (χ3v) is 1.52. The Morgan fingerprint density at radius 1 is 1.50 bits per heavy atom. The van der Waals surface area contributed by atoms with Crippen LogP contribution in [-0.4, -0.2) is 7.11 Å². The normalized spacial score (nSPS) is 9.67. The van der Waals surface area contributed by atoms with Crippen molar-refractivity contribution in [3.63, 3.8) is 0 Å². The van der Waals surface area contributed by atoms with E-state index in [0.717, 1.165) is 6.07 Å². The van der Waals surface area contributed by atoms with Crippen LogP contribution < -0.4 is 9.38 Å². The average Bonchev–Trinajstić information content (AvgIpc) is 2.03. The highest BCUT2D eigenvalue weighted by Crippen LogP contribution is 2.25. The third kappa shape index (κ3) is 1.76. The molecule has 0 N–H and O–H groups in total. The fourth-order valence-electron chi connectivity index (χ4n) is 0.752. The minimum absolute atomic E-state index is 0.311. The molecule has 1 aromatic carbocycles. The van der Waals surface area contributed by atoms with E-state index >= 15 is 0 Å². The molecule has 0 fully saturated rings. The summed E-state index contributed by atoms with van der Waals surface area (Å²) in [5, 5.41) is 0. The topological polar surface area (TPSA) is 12.5 Å². The Labute approximate surface area is 73.4 Å². The van der Waals surface area contributed by atoms with Crippen molar-refractivity contribution in [1.82, 2.24) is 0 Å². The zero-order valence-corrected chi connectivity index (χ0v) is 6.98. The Morgan fingerprint density at radius 2 is 2.17 bits per heavy atom. The zero-order valence-electron chi connectivity index (χ0n) is 6.22. The second kappa shape index (κ2) is 3.58. The molecule has 12 heavy (non-hydrogen) atoms. The number of anilines is 1. The minimum atomic E-state index is -0.771. The fraction of sp³-hybridized carbons (Fsp3) is 0.143. The first-order valence-electron chi connectivity index (χ1n) is 3.10. The minimum Gasteiger partial charge on any atom is -0.497 e. The monoisotopic (exact) mass is 193 g/mol. The highest BCUT2D eigenvalue weighted by atomic mass is 35.5. The summed E-state index contributed by atoms with van der Waals surface area (Å²) in [6.07, 6.45) is 0. The van der Waals surface area contributed by atoms with Crippen LogP contribution in [0.3, 0.4) is 0 Å². The van der Waals surface area contributed by atoms with Crippen molar-refractivity contribution in [3.05, 3.63) is 24.0 Å². The molecule has 0 atom stereocenters. The molecule has 0 saturated carbocycles. The number of ether oxygens (including phenoxy) is 1. The number of hydrogen-bond donors (Lipinski definition) is 0. The summed E-state index contributed by atoms with van der Waals surface area (Å²) in [6.45, 7) is 0. The predicted molar refractivity (Wildman–Crippen MR) is 42.4 cm³/mol. The van der Waals surface area contributed by atoms with Gasteiger partial charge in [-0.25, -0.2) is 4.39 Å². The quantitative estimate of drug-likeness (QED) is 0.670. The molecule has 0 unspecified atom stereocenters. The molecular weight excluding hydrogens is 188 g/mol. The summed E-state index contributed by atoms with van der Waals surface area (Å²) in [6, 6.07) is 3.64. The smallest absolute Gasteiger partial charge is 0.154 e. The van der Waals surface area contributed by atoms with E-state index in [1.54, 1.807) is 0 Å². The van der Waals surface area contributed by atoms with Crippen molar-refractivity contribution in [2.45, 2.75) is 0 Å². The summed E-state index contributed by atoms with van der Waals surface area (Å²) in [5.74, 6) is -0.457. The Balaban J connectivity index is 3.03. The molecule has 0 aliphatic heterocycles. The lowest BCUT2D eigenvalue weighted by Gasteiger charge is -2.06. The number of rotatable bonds is 2. The first kappa shape index (κ1) is 9.06. The van der Waals surface area contributed by atoms with Crippen molar-refractivity contribution in [3.8, 4) is 5.75 Å². The van der Waals surface area contributed by atoms with Crippen LogP contribution in [0, 0.1) is 5.82 Å². The molecule has 0 amide bonds. The fourth-order valence-corrected chi connectivity index (χ4v) is 0.889. The van der Waals surface area contributed by atoms with Crippen LogP contribution in [0.4, 0.5) is 14.6 Å². The van der Waals surface area contributed by atoms with Crippen molar-refractivity contribution in [2.75, 3.05) is 11.8 Å². The van der Waals surface area contributed by atoms with Crippen molar-refractivity contribution in [1.29, 1.82) is 0 Å². The summed E-state index contributed by atoms with van der Waals surface area (Å²) in [4.78, 5) is 0. The zero-order chi connectivity index (χ0) is 9.14. The molecule has 1 rings (SSSR count). The lowest BCUT2D eigenvalue weighted by atomic mass is 10.3. The van der Waals surface area contributed by atoms with Gasteiger partial charge in [0.15, 0.2) is 5.82 Å². The molecule has 0 saturated heterocycles. The lowest BCUT2D eigenvalue weighted by Crippen LogP contribution is -1.97. The van der Waals surface area contributed by atoms with Crippen molar-refractivity contribution >= 4 is 17.5 Å². The van der Waals surface area contributed by atoms with Gasteiger partial charge in [-0.2, -0.15) is 0 Å². The standard InChI is InChI=1S/C7H6ClF2NO/c1-12-5-2-3-7(11(8)10)6(9)4-5/h2-4H,1H3. The maximum Gasteiger partial charge on any atom is 0.154 e. The van der Waals surface area contributed by atoms with Gasteiger partial charge < -0.3 is 4.74 Å². The van der Waals surface area contributed by atoms with Gasteiger partial charge in [0.25, 0.3) is 0 Å². The average molecular weight is 194 g/mol. The summed E-state index contributed by atoms with van der Waals surface area (Å²) in [5.41, 5.74) is -0.336. The van der Waals surface area contributed by atoms with Gasteiger partial charge in [-0.05, 0) is 12.1 Å². The maximum absolute atomic E-state index is 12.8. The van der Waals surface area contributed by atoms with Crippen LogP contribution in [0.15, 0.2) is 18.2 Å². The van der Waals surface area contributed by atoms with Crippen LogP contribution in [-0.2, 0) is 0 Å². The van der Waals surface area contributed by atoms with E-state index in [1.165, 1.54) is 19.2 Å². The third-order valence-electron chi connectivity index (χ3n) is 1.34. The van der Waals surface area contributed by atoms with Crippen LogP contribution in [0.25, 0.3) is 0 Å². The van der Waals surface area contributed by atoms with Gasteiger partial charge in [0.05, 0.1) is 7.11 Å². The molecule has 5 heteroatoms. The Morgan fingerprint density at radius 3 is 2.58 bits per heavy atom. The number of nitrogens with zero attached hydrogens (tertiary/aromatic N) is 1. The molecule has 2 nitrogen and oxygen atoms in total. The van der Waals surface area contributed by atoms with E-state index in [0.29, 0.717) is 5.75 Å². The molecular formula is C7H6ClF2NO. The highest BCUT2D eigenvalue weighted by molar-refractivity contribution is 6.24. The summed E-state index contributed by atoms with van der Waals surface area (Å²) >= 11 is 4.89. The molecule has 1 aromatic rings. The Hall–Kier alpha value is -1.03. The van der Waals surface area contributed by atoms with Crippen molar-refractivity contribution in [2.24, 2.45) is 0 Å². The largest absolute Gasteiger partial charge is 0.497 e. The van der Waals surface area contributed by atoms with E-state index in [2.05, 4.69) is 0 Å². The van der Waals surface area contributed by atoms with E-state index in [9.17, 15) is 8.87 Å². The number of hydrogen-bond acceptors (Lipinski definition) is 2. The van der Waals surface area contributed by atoms with Crippen LogP contribution in [0.2, 0.25) is 0 Å². The first-order chi connectivity index (χ1) is 5.65. The molecule has 0 spiro atoms. The van der Waals surface area contributed by atoms with Crippen LogP contribution in [0.5, 0.6) is 5.75 Å². The van der Waals surface area contributed by atoms with Gasteiger partial charge >= 0.3 is 0 Å². The van der Waals surface area contributed by atoms with E-state index in [4.69, 9.17) is 16.5 Å². The molecule has 0 aromatic heterocycles. The molecule has 0 aliphatic carbocycles. The predicted octanol–water partition coefficient (Wildman–Crippen LogP) is 2.68. The second-order valence-electron chi connectivity index (χ2n) is 2.05. The molecule has 0 radical (unpaired) electrons. The summed E-state index contributed by atoms with van der Waals surface area (Å²) < 4.78 is 29.5. The second-order valence-corrected chi connectivity index (χ2v) is 2.35. The number of methoxy groups -OCH3 is 1. The van der Waals surface area contributed by atoms with Gasteiger partial charge in [0.1, 0.15) is 11.4 Å². The van der Waals surface area contributed by atoms with Crippen LogP contribution >= 0.6 is 11.8 Å². The van der Waals surface area contributed by atoms with Crippen molar-refractivity contribution < 1.29 is 13.6 Å². The van der Waals surface area contributed by atoms with E-state index in [-0.39, 0.29) is 10.3 Å². The van der Waals surface area contributed by atoms with Gasteiger partial charge in [0.2, 0.25) is 0 Å². The highest BCUT2D eigenvalue weighted by Gasteiger charge is 2.09. The molecule has 66 valence electrons.